The summed E-state index contributed by atoms with van der Waals surface area (Å²) in [6.45, 7) is 0.933. The molecule has 5 N–H and O–H groups in total. The number of hydroxylamine groups is 2. The molecule has 0 heterocycles. The van der Waals surface area contributed by atoms with Crippen LogP contribution in [0.25, 0.3) is 0 Å². The number of nitrogens with zero attached hydrogens (tertiary/aromatic N) is 1. The predicted octanol–water partition coefficient (Wildman–Crippen LogP) is -1.03. The number of nitrogens with two attached hydrogens (primary N) is 1. The van der Waals surface area contributed by atoms with E-state index < -0.39 is 42.8 Å². The van der Waals surface area contributed by atoms with E-state index in [1.807, 2.05) is 0 Å². The number of carboxylic acid groups (broad SMARTS) is 3. The number of hydrogen-bond acceptors (Lipinski definition) is 6. The van der Waals surface area contributed by atoms with Crippen molar-refractivity contribution in [3.63, 3.8) is 0 Å². The normalized spacial score (nSPS) is 11.5. The van der Waals surface area contributed by atoms with E-state index in [1.54, 1.807) is 6.92 Å². The van der Waals surface area contributed by atoms with Crippen molar-refractivity contribution in [1.29, 1.82) is 0 Å². The van der Waals surface area contributed by atoms with Gasteiger partial charge in [0.2, 0.25) is 0 Å². The third-order valence-corrected chi connectivity index (χ3v) is 2.12. The van der Waals surface area contributed by atoms with Crippen LogP contribution in [0, 0.1) is 0 Å². The molecule has 0 unspecified atom stereocenters. The minimum absolute atomic E-state index is 0.156. The molecule has 0 saturated carbocycles. The summed E-state index contributed by atoms with van der Waals surface area (Å²) in [5.74, 6) is -3.73. The van der Waals surface area contributed by atoms with Crippen molar-refractivity contribution in [2.75, 3.05) is 19.7 Å². The summed E-state index contributed by atoms with van der Waals surface area (Å²) in [5.41, 5.74) is 4.12. The maximum atomic E-state index is 10.7. The van der Waals surface area contributed by atoms with Crippen LogP contribution in [0.3, 0.4) is 0 Å². The quantitative estimate of drug-likeness (QED) is 0.368. The minimum Gasteiger partial charge on any atom is -0.481 e. The van der Waals surface area contributed by atoms with Gasteiger partial charge in [0.05, 0.1) is 25.0 Å². The first kappa shape index (κ1) is 17.3. The Morgan fingerprint density at radius 2 is 1.58 bits per heavy atom. The van der Waals surface area contributed by atoms with E-state index in [0.29, 0.717) is 0 Å². The molecule has 0 atom stereocenters. The highest BCUT2D eigenvalue weighted by Gasteiger charge is 2.34. The van der Waals surface area contributed by atoms with Gasteiger partial charge >= 0.3 is 17.9 Å². The Hall–Kier alpha value is -1.71. The molecule has 0 aromatic heterocycles. The maximum Gasteiger partial charge on any atom is 0.320 e. The van der Waals surface area contributed by atoms with Gasteiger partial charge in [-0.05, 0) is 6.92 Å². The lowest BCUT2D eigenvalue weighted by molar-refractivity contribution is -0.181. The fraction of sp³-hybridized carbons (Fsp3) is 0.700. The molecule has 110 valence electrons. The number of rotatable bonds is 10. The second-order valence-electron chi connectivity index (χ2n) is 4.11. The van der Waals surface area contributed by atoms with Gasteiger partial charge in [-0.15, -0.1) is 0 Å². The van der Waals surface area contributed by atoms with E-state index >= 15 is 0 Å². The average molecular weight is 278 g/mol. The summed E-state index contributed by atoms with van der Waals surface area (Å²) in [6, 6.07) is 0. The third kappa shape index (κ3) is 8.08. The lowest BCUT2D eigenvalue weighted by Crippen LogP contribution is -2.53. The molecular weight excluding hydrogens is 260 g/mol. The Morgan fingerprint density at radius 1 is 1.11 bits per heavy atom. The molecule has 0 amide bonds. The van der Waals surface area contributed by atoms with Gasteiger partial charge in [-0.1, -0.05) is 0 Å². The first-order valence-electron chi connectivity index (χ1n) is 5.50. The van der Waals surface area contributed by atoms with Gasteiger partial charge in [-0.25, -0.2) is 0 Å². The lowest BCUT2D eigenvalue weighted by atomic mass is 9.92. The van der Waals surface area contributed by atoms with Crippen LogP contribution in [0.2, 0.25) is 0 Å². The molecule has 0 rings (SSSR count). The molecule has 0 aromatic rings. The van der Waals surface area contributed by atoms with E-state index in [9.17, 15) is 14.4 Å². The zero-order chi connectivity index (χ0) is 15.1. The van der Waals surface area contributed by atoms with E-state index in [2.05, 4.69) is 0 Å². The Kier molecular flexibility index (Phi) is 6.98. The van der Waals surface area contributed by atoms with Crippen LogP contribution >= 0.6 is 0 Å². The van der Waals surface area contributed by atoms with Gasteiger partial charge in [-0.3, -0.25) is 19.2 Å². The minimum atomic E-state index is -1.61. The fourth-order valence-corrected chi connectivity index (χ4v) is 1.61. The summed E-state index contributed by atoms with van der Waals surface area (Å²) < 4.78 is 0. The number of aliphatic carboxylic acids is 3. The Labute approximate surface area is 109 Å². The molecule has 0 spiro atoms. The van der Waals surface area contributed by atoms with Crippen LogP contribution in [0.5, 0.6) is 0 Å². The molecule has 0 bridgehead atoms. The summed E-state index contributed by atoms with van der Waals surface area (Å²) in [4.78, 5) is 37.0. The summed E-state index contributed by atoms with van der Waals surface area (Å²) in [5, 5.41) is 27.1. The van der Waals surface area contributed by atoms with Crippen molar-refractivity contribution < 1.29 is 34.5 Å². The van der Waals surface area contributed by atoms with Crippen molar-refractivity contribution in [2.45, 2.75) is 25.3 Å². The Balaban J connectivity index is 4.86. The van der Waals surface area contributed by atoms with Gasteiger partial charge in [0, 0.05) is 6.54 Å². The monoisotopic (exact) mass is 278 g/mol. The maximum absolute atomic E-state index is 10.7. The molecule has 0 saturated heterocycles. The van der Waals surface area contributed by atoms with Crippen LogP contribution < -0.4 is 5.73 Å². The molecule has 0 aliphatic carbocycles. The van der Waals surface area contributed by atoms with Gasteiger partial charge in [0.15, 0.2) is 0 Å². The van der Waals surface area contributed by atoms with Gasteiger partial charge in [0.1, 0.15) is 6.54 Å². The first-order valence-corrected chi connectivity index (χ1v) is 5.50. The van der Waals surface area contributed by atoms with E-state index in [0.717, 1.165) is 5.06 Å². The molecule has 0 aliphatic rings. The van der Waals surface area contributed by atoms with E-state index in [-0.39, 0.29) is 13.2 Å². The first-order chi connectivity index (χ1) is 8.68. The summed E-state index contributed by atoms with van der Waals surface area (Å²) in [6.07, 6.45) is -1.22. The van der Waals surface area contributed by atoms with Crippen molar-refractivity contribution in [3.8, 4) is 0 Å². The molecule has 9 nitrogen and oxygen atoms in total. The molecule has 0 aromatic carbocycles. The van der Waals surface area contributed by atoms with Crippen molar-refractivity contribution in [3.05, 3.63) is 0 Å². The highest BCUT2D eigenvalue weighted by molar-refractivity contribution is 5.73. The van der Waals surface area contributed by atoms with Crippen LogP contribution in [0.15, 0.2) is 0 Å². The van der Waals surface area contributed by atoms with Crippen LogP contribution in [-0.4, -0.2) is 63.5 Å². The molecule has 0 fully saturated rings. The number of hydrogen-bond donors (Lipinski definition) is 4. The van der Waals surface area contributed by atoms with Crippen LogP contribution in [-0.2, 0) is 19.2 Å². The molecule has 9 heteroatoms. The summed E-state index contributed by atoms with van der Waals surface area (Å²) in [7, 11) is 0. The average Bonchev–Trinajstić information content (AvgIpc) is 2.12. The van der Waals surface area contributed by atoms with Gasteiger partial charge in [0.25, 0.3) is 0 Å². The van der Waals surface area contributed by atoms with Crippen LogP contribution in [0.1, 0.15) is 19.8 Å². The molecule has 0 radical (unpaired) electrons. The smallest absolute Gasteiger partial charge is 0.320 e. The van der Waals surface area contributed by atoms with Gasteiger partial charge < -0.3 is 21.1 Å². The molecular formula is C10H18N2O7. The van der Waals surface area contributed by atoms with Gasteiger partial charge in [-0.2, -0.15) is 5.06 Å². The summed E-state index contributed by atoms with van der Waals surface area (Å²) >= 11 is 0. The van der Waals surface area contributed by atoms with Crippen molar-refractivity contribution in [1.82, 2.24) is 5.06 Å². The second-order valence-corrected chi connectivity index (χ2v) is 4.11. The van der Waals surface area contributed by atoms with E-state index in [4.69, 9.17) is 25.9 Å². The topological polar surface area (TPSA) is 150 Å². The van der Waals surface area contributed by atoms with Crippen molar-refractivity contribution >= 4 is 17.9 Å². The Bertz CT molecular complexity index is 329. The zero-order valence-electron chi connectivity index (χ0n) is 10.5. The van der Waals surface area contributed by atoms with E-state index in [1.165, 1.54) is 0 Å². The third-order valence-electron chi connectivity index (χ3n) is 2.12. The van der Waals surface area contributed by atoms with Crippen LogP contribution in [0.4, 0.5) is 0 Å². The highest BCUT2D eigenvalue weighted by Crippen LogP contribution is 2.15. The fourth-order valence-electron chi connectivity index (χ4n) is 1.61. The standard InChI is InChI=1S/C10H18N2O7/c1-2-19-12(5-9(17)18)6-10(11,3-7(13)14)4-8(15)16/h2-6,11H2,1H3,(H,13,14)(H,15,16)(H,17,18). The zero-order valence-corrected chi connectivity index (χ0v) is 10.5. The predicted molar refractivity (Wildman–Crippen MR) is 62.3 cm³/mol. The van der Waals surface area contributed by atoms with Crippen molar-refractivity contribution in [2.24, 2.45) is 5.73 Å². The molecule has 0 aliphatic heterocycles. The Morgan fingerprint density at radius 3 is 1.89 bits per heavy atom. The molecule has 19 heavy (non-hydrogen) atoms. The number of carbonyl (C=O) groups is 3. The largest absolute Gasteiger partial charge is 0.481 e. The lowest BCUT2D eigenvalue weighted by Gasteiger charge is -2.31. The SMILES string of the molecule is CCON(CC(=O)O)CC(N)(CC(=O)O)CC(=O)O. The number of carboxylic acids is 3. The second kappa shape index (κ2) is 7.67. The highest BCUT2D eigenvalue weighted by atomic mass is 16.7.